The number of rotatable bonds is 10. The van der Waals surface area contributed by atoms with Crippen LogP contribution in [0.5, 0.6) is 0 Å². The Kier molecular flexibility index (Phi) is 9.92. The molecule has 0 aromatic heterocycles. The summed E-state index contributed by atoms with van der Waals surface area (Å²) in [5, 5.41) is 3.28. The molecule has 0 radical (unpaired) electrons. The molecule has 1 unspecified atom stereocenters. The smallest absolute Gasteiger partial charge is 0.105 e. The van der Waals surface area contributed by atoms with Gasteiger partial charge in [0.25, 0.3) is 0 Å². The molecule has 0 aromatic rings. The van der Waals surface area contributed by atoms with Crippen molar-refractivity contribution in [1.29, 1.82) is 0 Å². The fourth-order valence-electron chi connectivity index (χ4n) is 1.31. The molecule has 98 valence electrons. The van der Waals surface area contributed by atoms with Crippen molar-refractivity contribution in [3.05, 3.63) is 0 Å². The molecule has 0 amide bonds. The third kappa shape index (κ3) is 11.9. The van der Waals surface area contributed by atoms with Gasteiger partial charge in [-0.25, -0.2) is 0 Å². The predicted molar refractivity (Wildman–Crippen MR) is 67.3 cm³/mol. The standard InChI is InChI=1S/C12H28N2O2/c1-10(2)9-12(13)16-8-7-15-6-5-14-11(3)4/h10-12,14H,5-9,13H2,1-4H3. The molecule has 4 heteroatoms. The zero-order valence-electron chi connectivity index (χ0n) is 11.2. The fraction of sp³-hybridized carbons (Fsp3) is 1.00. The van der Waals surface area contributed by atoms with E-state index in [9.17, 15) is 0 Å². The molecule has 0 aliphatic carbocycles. The largest absolute Gasteiger partial charge is 0.378 e. The van der Waals surface area contributed by atoms with Crippen molar-refractivity contribution in [1.82, 2.24) is 5.32 Å². The lowest BCUT2D eigenvalue weighted by Gasteiger charge is -2.15. The summed E-state index contributed by atoms with van der Waals surface area (Å²) in [4.78, 5) is 0. The quantitative estimate of drug-likeness (QED) is 0.441. The van der Waals surface area contributed by atoms with E-state index in [2.05, 4.69) is 33.0 Å². The maximum absolute atomic E-state index is 5.77. The summed E-state index contributed by atoms with van der Waals surface area (Å²) in [6, 6.07) is 0.513. The highest BCUT2D eigenvalue weighted by Gasteiger charge is 2.04. The van der Waals surface area contributed by atoms with Crippen LogP contribution in [0.15, 0.2) is 0 Å². The summed E-state index contributed by atoms with van der Waals surface area (Å²) >= 11 is 0. The Labute approximate surface area is 99.9 Å². The minimum Gasteiger partial charge on any atom is -0.378 e. The highest BCUT2D eigenvalue weighted by molar-refractivity contribution is 4.53. The van der Waals surface area contributed by atoms with Crippen LogP contribution in [-0.4, -0.2) is 38.6 Å². The summed E-state index contributed by atoms with van der Waals surface area (Å²) in [5.41, 5.74) is 5.77. The van der Waals surface area contributed by atoms with Crippen molar-refractivity contribution >= 4 is 0 Å². The number of nitrogens with two attached hydrogens (primary N) is 1. The maximum Gasteiger partial charge on any atom is 0.105 e. The highest BCUT2D eigenvalue weighted by Crippen LogP contribution is 2.03. The van der Waals surface area contributed by atoms with Gasteiger partial charge in [-0.3, -0.25) is 0 Å². The Bertz CT molecular complexity index is 152. The third-order valence-corrected chi connectivity index (χ3v) is 2.06. The Morgan fingerprint density at radius 1 is 1.06 bits per heavy atom. The Morgan fingerprint density at radius 3 is 2.31 bits per heavy atom. The van der Waals surface area contributed by atoms with Crippen LogP contribution in [0.25, 0.3) is 0 Å². The van der Waals surface area contributed by atoms with E-state index >= 15 is 0 Å². The first-order valence-corrected chi connectivity index (χ1v) is 6.20. The number of hydrogen-bond acceptors (Lipinski definition) is 4. The molecule has 0 rings (SSSR count). The molecular weight excluding hydrogens is 204 g/mol. The molecular formula is C12H28N2O2. The van der Waals surface area contributed by atoms with Gasteiger partial charge in [-0.15, -0.1) is 0 Å². The molecule has 16 heavy (non-hydrogen) atoms. The van der Waals surface area contributed by atoms with Gasteiger partial charge in [-0.2, -0.15) is 0 Å². The monoisotopic (exact) mass is 232 g/mol. The molecule has 0 saturated heterocycles. The summed E-state index contributed by atoms with van der Waals surface area (Å²) < 4.78 is 10.8. The van der Waals surface area contributed by atoms with Crippen molar-refractivity contribution < 1.29 is 9.47 Å². The van der Waals surface area contributed by atoms with E-state index in [4.69, 9.17) is 15.2 Å². The van der Waals surface area contributed by atoms with Crippen LogP contribution >= 0.6 is 0 Å². The topological polar surface area (TPSA) is 56.5 Å². The SMILES string of the molecule is CC(C)CC(N)OCCOCCNC(C)C. The molecule has 0 aliphatic heterocycles. The fourth-order valence-corrected chi connectivity index (χ4v) is 1.31. The van der Waals surface area contributed by atoms with Crippen LogP contribution < -0.4 is 11.1 Å². The van der Waals surface area contributed by atoms with Crippen molar-refractivity contribution in [2.45, 2.75) is 46.4 Å². The summed E-state index contributed by atoms with van der Waals surface area (Å²) in [5.74, 6) is 0.575. The first-order valence-electron chi connectivity index (χ1n) is 6.20. The number of hydrogen-bond donors (Lipinski definition) is 2. The molecule has 0 heterocycles. The van der Waals surface area contributed by atoms with E-state index in [1.165, 1.54) is 0 Å². The van der Waals surface area contributed by atoms with E-state index < -0.39 is 0 Å². The van der Waals surface area contributed by atoms with Gasteiger partial charge in [0, 0.05) is 12.6 Å². The lowest BCUT2D eigenvalue weighted by Crippen LogP contribution is -2.29. The Hall–Kier alpha value is -0.160. The minimum absolute atomic E-state index is 0.155. The molecule has 0 aromatic carbocycles. The molecule has 4 nitrogen and oxygen atoms in total. The Balaban J connectivity index is 3.14. The van der Waals surface area contributed by atoms with Crippen molar-refractivity contribution in [2.24, 2.45) is 11.7 Å². The van der Waals surface area contributed by atoms with Crippen molar-refractivity contribution in [3.63, 3.8) is 0 Å². The van der Waals surface area contributed by atoms with Crippen LogP contribution in [0.2, 0.25) is 0 Å². The second-order valence-corrected chi connectivity index (χ2v) is 4.76. The van der Waals surface area contributed by atoms with Crippen LogP contribution in [0.3, 0.4) is 0 Å². The van der Waals surface area contributed by atoms with Crippen molar-refractivity contribution in [2.75, 3.05) is 26.4 Å². The lowest BCUT2D eigenvalue weighted by molar-refractivity contribution is -0.0000749. The normalized spacial score (nSPS) is 13.7. The van der Waals surface area contributed by atoms with Crippen molar-refractivity contribution in [3.8, 4) is 0 Å². The first kappa shape index (κ1) is 15.8. The van der Waals surface area contributed by atoms with Gasteiger partial charge in [-0.05, 0) is 12.3 Å². The molecule has 0 aliphatic rings. The van der Waals surface area contributed by atoms with E-state index in [0.717, 1.165) is 19.6 Å². The molecule has 0 spiro atoms. The minimum atomic E-state index is -0.155. The van der Waals surface area contributed by atoms with Gasteiger partial charge in [0.15, 0.2) is 0 Å². The second kappa shape index (κ2) is 10.0. The van der Waals surface area contributed by atoms with E-state index in [1.807, 2.05) is 0 Å². The predicted octanol–water partition coefficient (Wildman–Crippen LogP) is 1.35. The summed E-state index contributed by atoms with van der Waals surface area (Å²) in [7, 11) is 0. The number of nitrogens with one attached hydrogen (secondary N) is 1. The zero-order valence-corrected chi connectivity index (χ0v) is 11.2. The molecule has 3 N–H and O–H groups in total. The van der Waals surface area contributed by atoms with E-state index in [-0.39, 0.29) is 6.23 Å². The first-order chi connectivity index (χ1) is 7.52. The average molecular weight is 232 g/mol. The van der Waals surface area contributed by atoms with Crippen LogP contribution in [0, 0.1) is 5.92 Å². The molecule has 0 saturated carbocycles. The van der Waals surface area contributed by atoms with Gasteiger partial charge < -0.3 is 20.5 Å². The maximum atomic E-state index is 5.77. The van der Waals surface area contributed by atoms with Gasteiger partial charge in [0.05, 0.1) is 19.8 Å². The van der Waals surface area contributed by atoms with Crippen LogP contribution in [-0.2, 0) is 9.47 Å². The third-order valence-electron chi connectivity index (χ3n) is 2.06. The lowest BCUT2D eigenvalue weighted by atomic mass is 10.1. The summed E-state index contributed by atoms with van der Waals surface area (Å²) in [6.45, 7) is 11.3. The van der Waals surface area contributed by atoms with Crippen LogP contribution in [0.4, 0.5) is 0 Å². The zero-order chi connectivity index (χ0) is 12.4. The molecule has 1 atom stereocenters. The average Bonchev–Trinajstić information content (AvgIpc) is 2.14. The molecule has 0 fully saturated rings. The van der Waals surface area contributed by atoms with Gasteiger partial charge in [0.1, 0.15) is 6.23 Å². The van der Waals surface area contributed by atoms with Gasteiger partial charge in [-0.1, -0.05) is 27.7 Å². The highest BCUT2D eigenvalue weighted by atomic mass is 16.5. The van der Waals surface area contributed by atoms with E-state index in [1.54, 1.807) is 0 Å². The van der Waals surface area contributed by atoms with Gasteiger partial charge in [0.2, 0.25) is 0 Å². The summed E-state index contributed by atoms with van der Waals surface area (Å²) in [6.07, 6.45) is 0.743. The van der Waals surface area contributed by atoms with Gasteiger partial charge >= 0.3 is 0 Å². The van der Waals surface area contributed by atoms with Crippen LogP contribution in [0.1, 0.15) is 34.1 Å². The Morgan fingerprint density at radius 2 is 1.75 bits per heavy atom. The second-order valence-electron chi connectivity index (χ2n) is 4.76. The number of ether oxygens (including phenoxy) is 2. The molecule has 0 bridgehead atoms. The van der Waals surface area contributed by atoms with E-state index in [0.29, 0.717) is 25.2 Å².